The van der Waals surface area contributed by atoms with Crippen LogP contribution in [0.5, 0.6) is 0 Å². The Bertz CT molecular complexity index is 610. The van der Waals surface area contributed by atoms with Crippen LogP contribution in [0, 0.1) is 6.92 Å². The average molecular weight is 270 g/mol. The lowest BCUT2D eigenvalue weighted by Gasteiger charge is -2.16. The van der Waals surface area contributed by atoms with E-state index in [-0.39, 0.29) is 5.91 Å². The monoisotopic (exact) mass is 270 g/mol. The fourth-order valence-corrected chi connectivity index (χ4v) is 1.91. The van der Waals surface area contributed by atoms with Gasteiger partial charge in [0, 0.05) is 38.1 Å². The second-order valence-corrected chi connectivity index (χ2v) is 4.73. The molecule has 5 heteroatoms. The minimum Gasteiger partial charge on any atom is -0.362 e. The number of carbonyl (C=O) groups excluding carboxylic acids is 1. The maximum atomic E-state index is 12.0. The first-order valence-electron chi connectivity index (χ1n) is 6.41. The molecule has 0 bridgehead atoms. The van der Waals surface area contributed by atoms with Crippen LogP contribution in [-0.4, -0.2) is 30.0 Å². The highest BCUT2D eigenvalue weighted by molar-refractivity contribution is 5.92. The highest BCUT2D eigenvalue weighted by Gasteiger charge is 2.09. The molecule has 0 aliphatic carbocycles. The van der Waals surface area contributed by atoms with Crippen LogP contribution >= 0.6 is 0 Å². The Morgan fingerprint density at radius 2 is 2.05 bits per heavy atom. The topological polar surface area (TPSA) is 58.1 Å². The van der Waals surface area contributed by atoms with Crippen molar-refractivity contribution in [1.29, 1.82) is 0 Å². The maximum Gasteiger partial charge on any atom is 0.270 e. The number of pyridine rings is 2. The molecule has 0 fully saturated rings. The Morgan fingerprint density at radius 1 is 1.25 bits per heavy atom. The maximum absolute atomic E-state index is 12.0. The van der Waals surface area contributed by atoms with E-state index in [2.05, 4.69) is 15.3 Å². The van der Waals surface area contributed by atoms with Crippen molar-refractivity contribution >= 4 is 11.7 Å². The Kier molecular flexibility index (Phi) is 4.30. The minimum absolute atomic E-state index is 0.178. The molecule has 1 amide bonds. The van der Waals surface area contributed by atoms with Crippen molar-refractivity contribution < 1.29 is 4.79 Å². The van der Waals surface area contributed by atoms with Gasteiger partial charge in [0.05, 0.1) is 0 Å². The number of anilines is 1. The van der Waals surface area contributed by atoms with E-state index in [1.165, 1.54) is 0 Å². The number of hydrogen-bond acceptors (Lipinski definition) is 4. The van der Waals surface area contributed by atoms with E-state index in [0.717, 1.165) is 17.1 Å². The summed E-state index contributed by atoms with van der Waals surface area (Å²) in [6, 6.07) is 9.21. The fraction of sp³-hybridized carbons (Fsp3) is 0.267. The molecule has 20 heavy (non-hydrogen) atoms. The number of carbonyl (C=O) groups is 1. The Balaban J connectivity index is 2.07. The molecule has 2 aromatic heterocycles. The van der Waals surface area contributed by atoms with E-state index in [1.807, 2.05) is 50.2 Å². The smallest absolute Gasteiger partial charge is 0.270 e. The normalized spacial score (nSPS) is 10.2. The number of rotatable bonds is 4. The summed E-state index contributed by atoms with van der Waals surface area (Å²) in [6.07, 6.45) is 1.74. The van der Waals surface area contributed by atoms with Crippen molar-refractivity contribution in [3.8, 4) is 0 Å². The largest absolute Gasteiger partial charge is 0.362 e. The highest BCUT2D eigenvalue weighted by atomic mass is 16.1. The lowest BCUT2D eigenvalue weighted by Crippen LogP contribution is -2.25. The third-order valence-corrected chi connectivity index (χ3v) is 2.85. The second kappa shape index (κ2) is 6.14. The number of nitrogens with zero attached hydrogens (tertiary/aromatic N) is 3. The van der Waals surface area contributed by atoms with Crippen LogP contribution < -0.4 is 10.2 Å². The molecule has 2 heterocycles. The van der Waals surface area contributed by atoms with Gasteiger partial charge in [0.15, 0.2) is 0 Å². The van der Waals surface area contributed by atoms with Crippen LogP contribution in [0.2, 0.25) is 0 Å². The first-order valence-corrected chi connectivity index (χ1v) is 6.41. The number of hydrogen-bond donors (Lipinski definition) is 1. The van der Waals surface area contributed by atoms with Gasteiger partial charge in [-0.15, -0.1) is 0 Å². The van der Waals surface area contributed by atoms with Crippen LogP contribution in [0.4, 0.5) is 5.82 Å². The van der Waals surface area contributed by atoms with Crippen LogP contribution in [0.1, 0.15) is 21.7 Å². The summed E-state index contributed by atoms with van der Waals surface area (Å²) in [5.74, 6) is 0.673. The zero-order valence-corrected chi connectivity index (χ0v) is 11.9. The summed E-state index contributed by atoms with van der Waals surface area (Å²) in [7, 11) is 3.85. The quantitative estimate of drug-likeness (QED) is 0.920. The Hall–Kier alpha value is -2.43. The van der Waals surface area contributed by atoms with E-state index in [9.17, 15) is 4.79 Å². The molecular formula is C15H18N4O. The van der Waals surface area contributed by atoms with E-state index in [1.54, 1.807) is 12.3 Å². The summed E-state index contributed by atoms with van der Waals surface area (Å²) in [4.78, 5) is 22.5. The number of aryl methyl sites for hydroxylation is 1. The Morgan fingerprint density at radius 3 is 2.75 bits per heavy atom. The van der Waals surface area contributed by atoms with Gasteiger partial charge in [0.1, 0.15) is 11.5 Å². The van der Waals surface area contributed by atoms with Crippen molar-refractivity contribution in [1.82, 2.24) is 15.3 Å². The molecule has 0 saturated carbocycles. The molecule has 5 nitrogen and oxygen atoms in total. The molecule has 2 aromatic rings. The first-order chi connectivity index (χ1) is 9.58. The average Bonchev–Trinajstić information content (AvgIpc) is 2.45. The molecule has 0 aliphatic rings. The molecule has 0 aromatic carbocycles. The lowest BCUT2D eigenvalue weighted by atomic mass is 10.2. The van der Waals surface area contributed by atoms with E-state index >= 15 is 0 Å². The van der Waals surface area contributed by atoms with Gasteiger partial charge in [-0.2, -0.15) is 0 Å². The van der Waals surface area contributed by atoms with Gasteiger partial charge in [-0.3, -0.25) is 4.79 Å². The zero-order chi connectivity index (χ0) is 14.5. The molecule has 2 rings (SSSR count). The van der Waals surface area contributed by atoms with Gasteiger partial charge >= 0.3 is 0 Å². The number of nitrogens with one attached hydrogen (secondary N) is 1. The van der Waals surface area contributed by atoms with E-state index in [4.69, 9.17) is 0 Å². The standard InChI is InChI=1S/C15H18N4O/c1-11-6-4-8-13(18-11)15(20)17-10-12-7-5-9-16-14(12)19(2)3/h4-9H,10H2,1-3H3,(H,17,20). The lowest BCUT2D eigenvalue weighted by molar-refractivity contribution is 0.0946. The fourth-order valence-electron chi connectivity index (χ4n) is 1.91. The third kappa shape index (κ3) is 3.32. The summed E-state index contributed by atoms with van der Waals surface area (Å²) >= 11 is 0. The van der Waals surface area contributed by atoms with Gasteiger partial charge in [0.2, 0.25) is 0 Å². The minimum atomic E-state index is -0.178. The zero-order valence-electron chi connectivity index (χ0n) is 11.9. The van der Waals surface area contributed by atoms with Gasteiger partial charge in [0.25, 0.3) is 5.91 Å². The molecule has 0 unspecified atom stereocenters. The van der Waals surface area contributed by atoms with Crippen molar-refractivity contribution in [2.75, 3.05) is 19.0 Å². The third-order valence-electron chi connectivity index (χ3n) is 2.85. The Labute approximate surface area is 118 Å². The molecule has 0 saturated heterocycles. The summed E-state index contributed by atoms with van der Waals surface area (Å²) in [5, 5.41) is 2.87. The molecule has 104 valence electrons. The SMILES string of the molecule is Cc1cccc(C(=O)NCc2cccnc2N(C)C)n1. The van der Waals surface area contributed by atoms with E-state index < -0.39 is 0 Å². The van der Waals surface area contributed by atoms with E-state index in [0.29, 0.717) is 12.2 Å². The first kappa shape index (κ1) is 14.0. The summed E-state index contributed by atoms with van der Waals surface area (Å²) < 4.78 is 0. The van der Waals surface area contributed by atoms with Crippen LogP contribution in [0.3, 0.4) is 0 Å². The van der Waals surface area contributed by atoms with Gasteiger partial charge < -0.3 is 10.2 Å². The predicted molar refractivity (Wildman–Crippen MR) is 78.7 cm³/mol. The molecule has 1 N–H and O–H groups in total. The molecular weight excluding hydrogens is 252 g/mol. The van der Waals surface area contributed by atoms with Crippen LogP contribution in [0.15, 0.2) is 36.5 Å². The van der Waals surface area contributed by atoms with Crippen molar-refractivity contribution in [3.05, 3.63) is 53.5 Å². The summed E-state index contributed by atoms with van der Waals surface area (Å²) in [6.45, 7) is 2.29. The number of aromatic nitrogens is 2. The van der Waals surface area contributed by atoms with Gasteiger partial charge in [-0.25, -0.2) is 9.97 Å². The molecule has 0 radical (unpaired) electrons. The summed E-state index contributed by atoms with van der Waals surface area (Å²) in [5.41, 5.74) is 2.23. The van der Waals surface area contributed by atoms with Crippen LogP contribution in [0.25, 0.3) is 0 Å². The van der Waals surface area contributed by atoms with Crippen molar-refractivity contribution in [3.63, 3.8) is 0 Å². The molecule has 0 spiro atoms. The van der Waals surface area contributed by atoms with Crippen molar-refractivity contribution in [2.24, 2.45) is 0 Å². The predicted octanol–water partition coefficient (Wildman–Crippen LogP) is 1.78. The number of amides is 1. The van der Waals surface area contributed by atoms with Crippen LogP contribution in [-0.2, 0) is 6.54 Å². The molecule has 0 atom stereocenters. The van der Waals surface area contributed by atoms with Crippen molar-refractivity contribution in [2.45, 2.75) is 13.5 Å². The highest BCUT2D eigenvalue weighted by Crippen LogP contribution is 2.14. The second-order valence-electron chi connectivity index (χ2n) is 4.73. The van der Waals surface area contributed by atoms with Gasteiger partial charge in [-0.1, -0.05) is 12.1 Å². The van der Waals surface area contributed by atoms with Gasteiger partial charge in [-0.05, 0) is 25.1 Å². The molecule has 0 aliphatic heterocycles.